The van der Waals surface area contributed by atoms with Crippen molar-refractivity contribution >= 4 is 22.2 Å². The molecule has 0 fully saturated rings. The van der Waals surface area contributed by atoms with Gasteiger partial charge in [-0.25, -0.2) is 0 Å². The lowest BCUT2D eigenvalue weighted by Gasteiger charge is -2.19. The second-order valence-corrected chi connectivity index (χ2v) is 6.54. The molecule has 0 spiro atoms. The summed E-state index contributed by atoms with van der Waals surface area (Å²) in [7, 11) is 3.64. The average Bonchev–Trinajstić information content (AvgIpc) is 3.17. The Labute approximate surface area is 162 Å². The number of fused-ring (bicyclic) bond motifs is 3. The van der Waals surface area contributed by atoms with E-state index in [0.717, 1.165) is 46.5 Å². The maximum Gasteiger partial charge on any atom is 0.186 e. The molecule has 4 rings (SSSR count). The first kappa shape index (κ1) is 17.7. The van der Waals surface area contributed by atoms with Crippen LogP contribution in [-0.4, -0.2) is 40.5 Å². The smallest absolute Gasteiger partial charge is 0.186 e. The summed E-state index contributed by atoms with van der Waals surface area (Å²) in [6.45, 7) is 0.746. The first-order valence-electron chi connectivity index (χ1n) is 9.09. The van der Waals surface area contributed by atoms with E-state index in [9.17, 15) is 0 Å². The van der Waals surface area contributed by atoms with Crippen LogP contribution in [0.25, 0.3) is 27.8 Å². The summed E-state index contributed by atoms with van der Waals surface area (Å²) in [4.78, 5) is 2.08. The van der Waals surface area contributed by atoms with Gasteiger partial charge in [0.1, 0.15) is 5.75 Å². The minimum Gasteiger partial charge on any atom is -0.497 e. The highest BCUT2D eigenvalue weighted by molar-refractivity contribution is 6.00. The molecule has 7 nitrogen and oxygen atoms in total. The third-order valence-corrected chi connectivity index (χ3v) is 4.74. The fourth-order valence-corrected chi connectivity index (χ4v) is 3.27. The molecule has 0 N–H and O–H groups in total. The van der Waals surface area contributed by atoms with E-state index in [1.54, 1.807) is 11.6 Å². The number of hydrogen-bond acceptors (Lipinski definition) is 6. The molecule has 0 aliphatic carbocycles. The van der Waals surface area contributed by atoms with E-state index >= 15 is 0 Å². The molecule has 2 aromatic heterocycles. The second-order valence-electron chi connectivity index (χ2n) is 6.54. The van der Waals surface area contributed by atoms with Gasteiger partial charge in [-0.15, -0.1) is 15.3 Å². The number of rotatable bonds is 6. The molecule has 0 radical (unpaired) electrons. The minimum atomic E-state index is 0.522. The van der Waals surface area contributed by atoms with Crippen molar-refractivity contribution in [3.63, 3.8) is 0 Å². The Morgan fingerprint density at radius 1 is 1.07 bits per heavy atom. The monoisotopic (exact) mass is 372 g/mol. The lowest BCUT2D eigenvalue weighted by molar-refractivity contribution is 0.415. The third-order valence-electron chi connectivity index (χ3n) is 4.74. The van der Waals surface area contributed by atoms with Crippen LogP contribution in [0.5, 0.6) is 5.75 Å². The third kappa shape index (κ3) is 3.09. The summed E-state index contributed by atoms with van der Waals surface area (Å²) in [5.41, 5.74) is 1.63. The van der Waals surface area contributed by atoms with Crippen molar-refractivity contribution in [1.29, 1.82) is 5.26 Å². The lowest BCUT2D eigenvalue weighted by Crippen LogP contribution is -2.21. The van der Waals surface area contributed by atoms with Gasteiger partial charge in [0.05, 0.1) is 13.2 Å². The molecule has 0 aliphatic rings. The Balaban J connectivity index is 1.87. The summed E-state index contributed by atoms with van der Waals surface area (Å²) >= 11 is 0. The van der Waals surface area contributed by atoms with Crippen LogP contribution in [0.2, 0.25) is 0 Å². The van der Waals surface area contributed by atoms with Crippen LogP contribution < -0.4 is 9.64 Å². The Hall–Kier alpha value is -3.66. The zero-order valence-electron chi connectivity index (χ0n) is 15.8. The normalized spacial score (nSPS) is 10.9. The van der Waals surface area contributed by atoms with Gasteiger partial charge in [-0.3, -0.25) is 0 Å². The number of nitriles is 1. The Morgan fingerprint density at radius 2 is 1.82 bits per heavy atom. The number of benzene rings is 2. The summed E-state index contributed by atoms with van der Waals surface area (Å²) in [6, 6.07) is 17.9. The molecule has 0 bridgehead atoms. The van der Waals surface area contributed by atoms with Gasteiger partial charge in [0.2, 0.25) is 0 Å². The van der Waals surface area contributed by atoms with Crippen molar-refractivity contribution in [2.45, 2.75) is 12.8 Å². The van der Waals surface area contributed by atoms with E-state index in [-0.39, 0.29) is 0 Å². The fraction of sp³-hybridized carbons (Fsp3) is 0.238. The lowest BCUT2D eigenvalue weighted by atomic mass is 10.1. The van der Waals surface area contributed by atoms with Crippen molar-refractivity contribution in [3.05, 3.63) is 48.5 Å². The van der Waals surface area contributed by atoms with E-state index in [0.29, 0.717) is 12.2 Å². The number of methoxy groups -OCH3 is 1. The molecule has 7 heteroatoms. The van der Waals surface area contributed by atoms with E-state index in [4.69, 9.17) is 15.1 Å². The Kier molecular flexibility index (Phi) is 4.77. The maximum atomic E-state index is 8.82. The quantitative estimate of drug-likeness (QED) is 0.480. The average molecular weight is 372 g/mol. The van der Waals surface area contributed by atoms with Crippen molar-refractivity contribution in [2.24, 2.45) is 0 Å². The van der Waals surface area contributed by atoms with Gasteiger partial charge in [0.15, 0.2) is 17.3 Å². The van der Waals surface area contributed by atoms with E-state index in [1.165, 1.54) is 0 Å². The second kappa shape index (κ2) is 7.53. The van der Waals surface area contributed by atoms with Crippen LogP contribution in [0.3, 0.4) is 0 Å². The first-order chi connectivity index (χ1) is 13.7. The van der Waals surface area contributed by atoms with E-state index < -0.39 is 0 Å². The van der Waals surface area contributed by atoms with Gasteiger partial charge in [0, 0.05) is 36.3 Å². The largest absolute Gasteiger partial charge is 0.497 e. The topological polar surface area (TPSA) is 79.3 Å². The molecule has 0 unspecified atom stereocenters. The number of ether oxygens (including phenoxy) is 1. The predicted molar refractivity (Wildman–Crippen MR) is 108 cm³/mol. The SMILES string of the molecule is COc1ccc(-c2nnc3c4ccccc4c(N(C)CCCC#N)nn23)cc1. The van der Waals surface area contributed by atoms with Gasteiger partial charge in [-0.05, 0) is 30.7 Å². The molecule has 28 heavy (non-hydrogen) atoms. The highest BCUT2D eigenvalue weighted by atomic mass is 16.5. The molecule has 4 aromatic rings. The van der Waals surface area contributed by atoms with Gasteiger partial charge >= 0.3 is 0 Å². The first-order valence-corrected chi connectivity index (χ1v) is 9.09. The molecule has 2 aromatic carbocycles. The van der Waals surface area contributed by atoms with Crippen LogP contribution in [0.4, 0.5) is 5.82 Å². The highest BCUT2D eigenvalue weighted by Crippen LogP contribution is 2.29. The zero-order chi connectivity index (χ0) is 19.5. The van der Waals surface area contributed by atoms with Crippen LogP contribution in [0, 0.1) is 11.3 Å². The standard InChI is InChI=1S/C21H20N6O/c1-26(14-6-5-13-22)21-18-8-4-3-7-17(18)20-24-23-19(27(20)25-21)15-9-11-16(28-2)12-10-15/h3-4,7-12H,5-6,14H2,1-2H3. The Bertz CT molecular complexity index is 1160. The van der Waals surface area contributed by atoms with Gasteiger partial charge in [0.25, 0.3) is 0 Å². The summed E-state index contributed by atoms with van der Waals surface area (Å²) in [6.07, 6.45) is 1.31. The molecule has 0 saturated carbocycles. The molecule has 0 aliphatic heterocycles. The number of hydrogen-bond donors (Lipinski definition) is 0. The number of aromatic nitrogens is 4. The van der Waals surface area contributed by atoms with E-state index in [2.05, 4.69) is 21.2 Å². The van der Waals surface area contributed by atoms with Crippen molar-refractivity contribution in [1.82, 2.24) is 19.8 Å². The van der Waals surface area contributed by atoms with Gasteiger partial charge in [-0.2, -0.15) is 9.78 Å². The molecular formula is C21H20N6O. The number of nitrogens with zero attached hydrogens (tertiary/aromatic N) is 6. The van der Waals surface area contributed by atoms with E-state index in [1.807, 2.05) is 55.6 Å². The minimum absolute atomic E-state index is 0.522. The van der Waals surface area contributed by atoms with Gasteiger partial charge in [-0.1, -0.05) is 24.3 Å². The molecule has 140 valence electrons. The molecule has 2 heterocycles. The van der Waals surface area contributed by atoms with Crippen LogP contribution in [-0.2, 0) is 0 Å². The zero-order valence-corrected chi connectivity index (χ0v) is 15.8. The maximum absolute atomic E-state index is 8.82. The highest BCUT2D eigenvalue weighted by Gasteiger charge is 2.17. The van der Waals surface area contributed by atoms with Gasteiger partial charge < -0.3 is 9.64 Å². The summed E-state index contributed by atoms with van der Waals surface area (Å²) in [5, 5.41) is 24.5. The summed E-state index contributed by atoms with van der Waals surface area (Å²) < 4.78 is 7.03. The molecule has 0 amide bonds. The van der Waals surface area contributed by atoms with Crippen LogP contribution in [0.1, 0.15) is 12.8 Å². The predicted octanol–water partition coefficient (Wildman–Crippen LogP) is 3.69. The van der Waals surface area contributed by atoms with Crippen LogP contribution in [0.15, 0.2) is 48.5 Å². The van der Waals surface area contributed by atoms with Crippen molar-refractivity contribution in [3.8, 4) is 23.2 Å². The fourth-order valence-electron chi connectivity index (χ4n) is 3.27. The molecule has 0 saturated heterocycles. The van der Waals surface area contributed by atoms with Crippen molar-refractivity contribution < 1.29 is 4.74 Å². The molecular weight excluding hydrogens is 352 g/mol. The van der Waals surface area contributed by atoms with Crippen LogP contribution >= 0.6 is 0 Å². The van der Waals surface area contributed by atoms with Crippen molar-refractivity contribution in [2.75, 3.05) is 25.6 Å². The summed E-state index contributed by atoms with van der Waals surface area (Å²) in [5.74, 6) is 2.31. The molecule has 0 atom stereocenters. The Morgan fingerprint density at radius 3 is 2.54 bits per heavy atom. The number of unbranched alkanes of at least 4 members (excludes halogenated alkanes) is 1. The number of anilines is 1.